The van der Waals surface area contributed by atoms with Crippen LogP contribution in [0.4, 0.5) is 5.69 Å². The highest BCUT2D eigenvalue weighted by molar-refractivity contribution is 6.40. The number of carbonyl (C=O) groups excluding carboxylic acids is 2. The van der Waals surface area contributed by atoms with Crippen LogP contribution in [0.5, 0.6) is 0 Å². The summed E-state index contributed by atoms with van der Waals surface area (Å²) in [6.07, 6.45) is 2.21. The van der Waals surface area contributed by atoms with E-state index in [2.05, 4.69) is 12.0 Å². The van der Waals surface area contributed by atoms with Crippen molar-refractivity contribution in [2.24, 2.45) is 10.8 Å². The van der Waals surface area contributed by atoms with Gasteiger partial charge in [0, 0.05) is 20.0 Å². The van der Waals surface area contributed by atoms with E-state index in [4.69, 9.17) is 5.73 Å². The minimum Gasteiger partial charge on any atom is -0.368 e. The van der Waals surface area contributed by atoms with Crippen LogP contribution in [0.15, 0.2) is 35.4 Å². The van der Waals surface area contributed by atoms with E-state index in [1.54, 1.807) is 17.0 Å². The van der Waals surface area contributed by atoms with E-state index in [0.29, 0.717) is 12.3 Å². The van der Waals surface area contributed by atoms with Crippen molar-refractivity contribution < 1.29 is 9.59 Å². The van der Waals surface area contributed by atoms with Gasteiger partial charge in [-0.3, -0.25) is 14.6 Å². The fourth-order valence-electron chi connectivity index (χ4n) is 2.40. The normalized spacial score (nSPS) is 17.3. The lowest BCUT2D eigenvalue weighted by atomic mass is 10.1. The molecule has 0 saturated heterocycles. The summed E-state index contributed by atoms with van der Waals surface area (Å²) in [5.74, 6) is -0.621. The van der Waals surface area contributed by atoms with Gasteiger partial charge < -0.3 is 10.6 Å². The molecule has 1 aliphatic rings. The highest BCUT2D eigenvalue weighted by Crippen LogP contribution is 2.24. The first-order chi connectivity index (χ1) is 10.5. The van der Waals surface area contributed by atoms with Crippen molar-refractivity contribution in [3.05, 3.63) is 30.3 Å². The van der Waals surface area contributed by atoms with Crippen molar-refractivity contribution >= 4 is 23.2 Å². The summed E-state index contributed by atoms with van der Waals surface area (Å²) < 4.78 is 0. The summed E-state index contributed by atoms with van der Waals surface area (Å²) in [6, 6.07) is 8.67. The third-order valence-electron chi connectivity index (χ3n) is 3.70. The number of amides is 2. The number of anilines is 1. The number of nitrogens with two attached hydrogens (primary N) is 1. The molecule has 0 bridgehead atoms. The van der Waals surface area contributed by atoms with E-state index in [9.17, 15) is 9.59 Å². The molecule has 0 fully saturated rings. The van der Waals surface area contributed by atoms with Crippen LogP contribution in [0, 0.1) is 0 Å². The smallest absolute Gasteiger partial charge is 0.269 e. The van der Waals surface area contributed by atoms with Gasteiger partial charge in [-0.25, -0.2) is 0 Å². The van der Waals surface area contributed by atoms with E-state index in [0.717, 1.165) is 18.5 Å². The maximum Gasteiger partial charge on any atom is 0.269 e. The average molecular weight is 302 g/mol. The predicted molar refractivity (Wildman–Crippen MR) is 86.5 cm³/mol. The largest absolute Gasteiger partial charge is 0.368 e. The number of rotatable bonds is 6. The van der Waals surface area contributed by atoms with Gasteiger partial charge in [-0.15, -0.1) is 0 Å². The van der Waals surface area contributed by atoms with Crippen molar-refractivity contribution in [3.8, 4) is 0 Å². The lowest BCUT2D eigenvalue weighted by molar-refractivity contribution is -0.123. The number of hydrazone groups is 1. The molecule has 6 heteroatoms. The average Bonchev–Trinajstić information content (AvgIpc) is 2.98. The standard InChI is InChI=1S/C16H22N4O2/c1-3-4-10-19(2)16(22)13-11-14(15(17)21)20(18-13)12-8-6-5-7-9-12/h5-9,14H,3-4,10-11H2,1-2H3,(H2,17,21). The SMILES string of the molecule is CCCCN(C)C(=O)C1=NN(c2ccccc2)C(C(N)=O)C1. The maximum atomic E-state index is 12.4. The molecule has 2 N–H and O–H groups in total. The van der Waals surface area contributed by atoms with Crippen LogP contribution in [-0.2, 0) is 9.59 Å². The molecular formula is C16H22N4O2. The second-order valence-corrected chi connectivity index (χ2v) is 5.43. The number of para-hydroxylation sites is 1. The molecular weight excluding hydrogens is 280 g/mol. The first kappa shape index (κ1) is 16.0. The molecule has 1 atom stereocenters. The summed E-state index contributed by atoms with van der Waals surface area (Å²) in [4.78, 5) is 25.7. The van der Waals surface area contributed by atoms with Gasteiger partial charge in [-0.05, 0) is 18.6 Å². The minimum absolute atomic E-state index is 0.141. The quantitative estimate of drug-likeness (QED) is 0.862. The Morgan fingerprint density at radius 2 is 2.05 bits per heavy atom. The Bertz CT molecular complexity index is 571. The fraction of sp³-hybridized carbons (Fsp3) is 0.438. The maximum absolute atomic E-state index is 12.4. The number of primary amides is 1. The highest BCUT2D eigenvalue weighted by Gasteiger charge is 2.35. The number of benzene rings is 1. The molecule has 1 unspecified atom stereocenters. The molecule has 1 heterocycles. The molecule has 1 aromatic rings. The first-order valence-corrected chi connectivity index (χ1v) is 7.51. The molecule has 22 heavy (non-hydrogen) atoms. The zero-order valence-electron chi connectivity index (χ0n) is 13.0. The lowest BCUT2D eigenvalue weighted by Gasteiger charge is -2.20. The Kier molecular flexibility index (Phi) is 5.14. The molecule has 0 radical (unpaired) electrons. The van der Waals surface area contributed by atoms with Gasteiger partial charge in [0.2, 0.25) is 5.91 Å². The topological polar surface area (TPSA) is 79.0 Å². The van der Waals surface area contributed by atoms with Crippen LogP contribution in [-0.4, -0.2) is 42.1 Å². The molecule has 2 rings (SSSR count). The van der Waals surface area contributed by atoms with E-state index in [-0.39, 0.29) is 12.3 Å². The Labute approximate surface area is 130 Å². The van der Waals surface area contributed by atoms with Gasteiger partial charge >= 0.3 is 0 Å². The third-order valence-corrected chi connectivity index (χ3v) is 3.70. The van der Waals surface area contributed by atoms with Crippen LogP contribution >= 0.6 is 0 Å². The van der Waals surface area contributed by atoms with Crippen molar-refractivity contribution in [1.82, 2.24) is 4.90 Å². The van der Waals surface area contributed by atoms with E-state index < -0.39 is 11.9 Å². The molecule has 1 aromatic carbocycles. The van der Waals surface area contributed by atoms with Gasteiger partial charge in [0.05, 0.1) is 5.69 Å². The van der Waals surface area contributed by atoms with Gasteiger partial charge in [0.1, 0.15) is 11.8 Å². The molecule has 118 valence electrons. The predicted octanol–water partition coefficient (Wildman–Crippen LogP) is 1.37. The molecule has 0 aromatic heterocycles. The minimum atomic E-state index is -0.610. The molecule has 6 nitrogen and oxygen atoms in total. The lowest BCUT2D eigenvalue weighted by Crippen LogP contribution is -2.40. The summed E-state index contributed by atoms with van der Waals surface area (Å²) in [5, 5.41) is 5.89. The number of unbranched alkanes of at least 4 members (excludes halogenated alkanes) is 1. The molecule has 2 amide bonds. The number of hydrogen-bond acceptors (Lipinski definition) is 4. The Balaban J connectivity index is 2.20. The molecule has 0 spiro atoms. The summed E-state index contributed by atoms with van der Waals surface area (Å²) in [5.41, 5.74) is 6.60. The molecule has 0 saturated carbocycles. The van der Waals surface area contributed by atoms with Crippen molar-refractivity contribution in [3.63, 3.8) is 0 Å². The van der Waals surface area contributed by atoms with Gasteiger partial charge in [0.15, 0.2) is 0 Å². The zero-order valence-corrected chi connectivity index (χ0v) is 13.0. The van der Waals surface area contributed by atoms with Crippen molar-refractivity contribution in [1.29, 1.82) is 0 Å². The van der Waals surface area contributed by atoms with Gasteiger partial charge in [0.25, 0.3) is 5.91 Å². The van der Waals surface area contributed by atoms with Crippen LogP contribution in [0.3, 0.4) is 0 Å². The Morgan fingerprint density at radius 1 is 1.36 bits per heavy atom. The summed E-state index contributed by atoms with van der Waals surface area (Å²) in [7, 11) is 1.75. The van der Waals surface area contributed by atoms with Crippen LogP contribution in [0.2, 0.25) is 0 Å². The number of nitrogens with zero attached hydrogens (tertiary/aromatic N) is 3. The third kappa shape index (κ3) is 3.44. The van der Waals surface area contributed by atoms with Gasteiger partial charge in [-0.1, -0.05) is 31.5 Å². The van der Waals surface area contributed by atoms with Gasteiger partial charge in [-0.2, -0.15) is 5.10 Å². The van der Waals surface area contributed by atoms with E-state index >= 15 is 0 Å². The first-order valence-electron chi connectivity index (χ1n) is 7.51. The van der Waals surface area contributed by atoms with Crippen LogP contribution in [0.1, 0.15) is 26.2 Å². The second kappa shape index (κ2) is 7.06. The Morgan fingerprint density at radius 3 is 2.64 bits per heavy atom. The van der Waals surface area contributed by atoms with Crippen LogP contribution in [0.25, 0.3) is 0 Å². The number of hydrogen-bond donors (Lipinski definition) is 1. The summed E-state index contributed by atoms with van der Waals surface area (Å²) in [6.45, 7) is 2.76. The molecule has 0 aliphatic carbocycles. The monoisotopic (exact) mass is 302 g/mol. The van der Waals surface area contributed by atoms with E-state index in [1.807, 2.05) is 30.3 Å². The number of carbonyl (C=O) groups is 2. The fourth-order valence-corrected chi connectivity index (χ4v) is 2.40. The van der Waals surface area contributed by atoms with Crippen molar-refractivity contribution in [2.45, 2.75) is 32.2 Å². The zero-order chi connectivity index (χ0) is 16.1. The second-order valence-electron chi connectivity index (χ2n) is 5.43. The van der Waals surface area contributed by atoms with Crippen molar-refractivity contribution in [2.75, 3.05) is 18.6 Å². The molecule has 1 aliphatic heterocycles. The summed E-state index contributed by atoms with van der Waals surface area (Å²) >= 11 is 0. The van der Waals surface area contributed by atoms with Crippen LogP contribution < -0.4 is 10.7 Å². The van der Waals surface area contributed by atoms with E-state index in [1.165, 1.54) is 0 Å². The highest BCUT2D eigenvalue weighted by atomic mass is 16.2. The Hall–Kier alpha value is -2.37.